The van der Waals surface area contributed by atoms with Gasteiger partial charge >= 0.3 is 0 Å². The molecule has 1 N–H and O–H groups in total. The Morgan fingerprint density at radius 3 is 2.48 bits per heavy atom. The average Bonchev–Trinajstić information content (AvgIpc) is 3.22. The van der Waals surface area contributed by atoms with Crippen molar-refractivity contribution in [1.82, 2.24) is 20.5 Å². The van der Waals surface area contributed by atoms with Gasteiger partial charge < -0.3 is 14.6 Å². The number of carbonyl (C=O) groups is 1. The van der Waals surface area contributed by atoms with Gasteiger partial charge in [-0.1, -0.05) is 23.8 Å². The van der Waals surface area contributed by atoms with E-state index in [1.54, 1.807) is 6.20 Å². The number of aryl methyl sites for hydroxylation is 2. The zero-order valence-electron chi connectivity index (χ0n) is 17.2. The monoisotopic (exact) mass is 393 g/mol. The Morgan fingerprint density at radius 2 is 1.83 bits per heavy atom. The van der Waals surface area contributed by atoms with Gasteiger partial charge in [-0.05, 0) is 44.5 Å². The van der Waals surface area contributed by atoms with E-state index in [9.17, 15) is 4.79 Å². The highest BCUT2D eigenvalue weighted by atomic mass is 16.4. The van der Waals surface area contributed by atoms with Crippen LogP contribution in [0.5, 0.6) is 0 Å². The predicted molar refractivity (Wildman–Crippen MR) is 112 cm³/mol. The molecule has 3 aromatic rings. The van der Waals surface area contributed by atoms with Crippen LogP contribution in [0, 0.1) is 6.92 Å². The van der Waals surface area contributed by atoms with Crippen molar-refractivity contribution in [2.24, 2.45) is 0 Å². The first-order valence-electron chi connectivity index (χ1n) is 9.95. The van der Waals surface area contributed by atoms with Gasteiger partial charge in [0.25, 0.3) is 0 Å². The van der Waals surface area contributed by atoms with E-state index in [0.717, 1.165) is 30.0 Å². The van der Waals surface area contributed by atoms with E-state index in [-0.39, 0.29) is 5.91 Å². The van der Waals surface area contributed by atoms with Crippen LogP contribution in [0.2, 0.25) is 0 Å². The van der Waals surface area contributed by atoms with Crippen LogP contribution in [0.25, 0.3) is 11.5 Å². The van der Waals surface area contributed by atoms with E-state index in [2.05, 4.69) is 39.2 Å². The molecule has 1 aromatic carbocycles. The second-order valence-corrected chi connectivity index (χ2v) is 6.84. The molecule has 0 atom stereocenters. The minimum atomic E-state index is -0.0621. The number of rotatable bonds is 9. The molecule has 0 unspecified atom stereocenters. The Morgan fingerprint density at radius 1 is 1.07 bits per heavy atom. The van der Waals surface area contributed by atoms with Gasteiger partial charge in [0.1, 0.15) is 5.82 Å². The normalized spacial score (nSPS) is 10.7. The molecule has 0 radical (unpaired) electrons. The lowest BCUT2D eigenvalue weighted by Crippen LogP contribution is -2.24. The Kier molecular flexibility index (Phi) is 6.94. The topological polar surface area (TPSA) is 84.2 Å². The maximum Gasteiger partial charge on any atom is 0.247 e. The molecule has 1 amide bonds. The Labute approximate surface area is 171 Å². The second-order valence-electron chi connectivity index (χ2n) is 6.84. The van der Waals surface area contributed by atoms with Crippen LogP contribution in [-0.4, -0.2) is 34.2 Å². The average molecular weight is 393 g/mol. The summed E-state index contributed by atoms with van der Waals surface area (Å²) in [6.45, 7) is 8.51. The first-order valence-corrected chi connectivity index (χ1v) is 9.95. The van der Waals surface area contributed by atoms with Crippen molar-refractivity contribution in [3.8, 4) is 11.5 Å². The summed E-state index contributed by atoms with van der Waals surface area (Å²) < 4.78 is 5.66. The van der Waals surface area contributed by atoms with Crippen molar-refractivity contribution in [2.45, 2.75) is 40.2 Å². The summed E-state index contributed by atoms with van der Waals surface area (Å²) >= 11 is 0. The SMILES string of the molecule is CCN(CC)c1ccc(CNC(=O)CCc2nnc(-c3ccc(C)cc3)o2)cn1. The smallest absolute Gasteiger partial charge is 0.247 e. The molecule has 2 heterocycles. The fourth-order valence-corrected chi connectivity index (χ4v) is 2.93. The number of carbonyl (C=O) groups excluding carboxylic acids is 1. The van der Waals surface area contributed by atoms with Gasteiger partial charge in [0, 0.05) is 44.2 Å². The third kappa shape index (κ3) is 5.63. The van der Waals surface area contributed by atoms with E-state index >= 15 is 0 Å². The van der Waals surface area contributed by atoms with Crippen molar-refractivity contribution < 1.29 is 9.21 Å². The van der Waals surface area contributed by atoms with Crippen LogP contribution in [0.3, 0.4) is 0 Å². The molecule has 7 heteroatoms. The van der Waals surface area contributed by atoms with Crippen LogP contribution < -0.4 is 10.2 Å². The fraction of sp³-hybridized carbons (Fsp3) is 0.364. The molecule has 2 aromatic heterocycles. The molecule has 0 saturated carbocycles. The zero-order chi connectivity index (χ0) is 20.6. The van der Waals surface area contributed by atoms with Gasteiger partial charge in [-0.15, -0.1) is 10.2 Å². The van der Waals surface area contributed by atoms with E-state index < -0.39 is 0 Å². The molecule has 3 rings (SSSR count). The van der Waals surface area contributed by atoms with Crippen molar-refractivity contribution in [3.63, 3.8) is 0 Å². The number of hydrogen-bond acceptors (Lipinski definition) is 6. The number of nitrogens with zero attached hydrogens (tertiary/aromatic N) is 4. The lowest BCUT2D eigenvalue weighted by molar-refractivity contribution is -0.121. The number of amides is 1. The number of benzene rings is 1. The van der Waals surface area contributed by atoms with Crippen LogP contribution in [0.4, 0.5) is 5.82 Å². The zero-order valence-corrected chi connectivity index (χ0v) is 17.2. The number of aromatic nitrogens is 3. The van der Waals surface area contributed by atoms with Crippen LogP contribution >= 0.6 is 0 Å². The van der Waals surface area contributed by atoms with Crippen molar-refractivity contribution in [2.75, 3.05) is 18.0 Å². The molecular weight excluding hydrogens is 366 g/mol. The maximum atomic E-state index is 12.1. The highest BCUT2D eigenvalue weighted by Gasteiger charge is 2.11. The van der Waals surface area contributed by atoms with Crippen LogP contribution in [0.15, 0.2) is 47.0 Å². The van der Waals surface area contributed by atoms with Crippen molar-refractivity contribution in [3.05, 3.63) is 59.6 Å². The molecule has 0 aliphatic carbocycles. The molecule has 0 aliphatic heterocycles. The quantitative estimate of drug-likeness (QED) is 0.599. The van der Waals surface area contributed by atoms with Gasteiger partial charge in [-0.3, -0.25) is 4.79 Å². The standard InChI is InChI=1S/C22H27N5O2/c1-4-27(5-2)19-11-8-17(14-23-19)15-24-20(28)12-13-21-25-26-22(29-21)18-9-6-16(3)7-10-18/h6-11,14H,4-5,12-13,15H2,1-3H3,(H,24,28). The first kappa shape index (κ1) is 20.5. The lowest BCUT2D eigenvalue weighted by atomic mass is 10.1. The molecule has 7 nitrogen and oxygen atoms in total. The van der Waals surface area contributed by atoms with Gasteiger partial charge in [-0.2, -0.15) is 0 Å². The van der Waals surface area contributed by atoms with Crippen molar-refractivity contribution >= 4 is 11.7 Å². The van der Waals surface area contributed by atoms with Gasteiger partial charge in [0.2, 0.25) is 17.7 Å². The predicted octanol–water partition coefficient (Wildman–Crippen LogP) is 3.54. The molecule has 152 valence electrons. The number of nitrogens with one attached hydrogen (secondary N) is 1. The molecule has 0 fully saturated rings. The maximum absolute atomic E-state index is 12.1. The van der Waals surface area contributed by atoms with Crippen LogP contribution in [-0.2, 0) is 17.8 Å². The van der Waals surface area contributed by atoms with E-state index in [1.807, 2.05) is 43.3 Å². The van der Waals surface area contributed by atoms with Gasteiger partial charge in [0.15, 0.2) is 0 Å². The summed E-state index contributed by atoms with van der Waals surface area (Å²) in [5.41, 5.74) is 3.01. The summed E-state index contributed by atoms with van der Waals surface area (Å²) in [7, 11) is 0. The highest BCUT2D eigenvalue weighted by Crippen LogP contribution is 2.18. The van der Waals surface area contributed by atoms with Crippen LogP contribution in [0.1, 0.15) is 37.3 Å². The third-order valence-corrected chi connectivity index (χ3v) is 4.72. The summed E-state index contributed by atoms with van der Waals surface area (Å²) in [6, 6.07) is 11.9. The second kappa shape index (κ2) is 9.82. The molecule has 0 spiro atoms. The van der Waals surface area contributed by atoms with E-state index in [1.165, 1.54) is 5.56 Å². The Bertz CT molecular complexity index is 915. The minimum Gasteiger partial charge on any atom is -0.421 e. The summed E-state index contributed by atoms with van der Waals surface area (Å²) in [6.07, 6.45) is 2.50. The van der Waals surface area contributed by atoms with E-state index in [0.29, 0.717) is 31.2 Å². The van der Waals surface area contributed by atoms with Crippen molar-refractivity contribution in [1.29, 1.82) is 0 Å². The molecular formula is C22H27N5O2. The molecule has 0 aliphatic rings. The van der Waals surface area contributed by atoms with Gasteiger partial charge in [0.05, 0.1) is 0 Å². The summed E-state index contributed by atoms with van der Waals surface area (Å²) in [5, 5.41) is 11.0. The lowest BCUT2D eigenvalue weighted by Gasteiger charge is -2.19. The number of pyridine rings is 1. The van der Waals surface area contributed by atoms with E-state index in [4.69, 9.17) is 4.42 Å². The molecule has 0 bridgehead atoms. The summed E-state index contributed by atoms with van der Waals surface area (Å²) in [4.78, 5) is 18.8. The molecule has 0 saturated heterocycles. The highest BCUT2D eigenvalue weighted by molar-refractivity contribution is 5.76. The number of anilines is 1. The third-order valence-electron chi connectivity index (χ3n) is 4.72. The summed E-state index contributed by atoms with van der Waals surface area (Å²) in [5.74, 6) is 1.82. The van der Waals surface area contributed by atoms with Gasteiger partial charge in [-0.25, -0.2) is 4.98 Å². The Balaban J connectivity index is 1.46. The fourth-order valence-electron chi connectivity index (χ4n) is 2.93. The molecule has 29 heavy (non-hydrogen) atoms. The number of hydrogen-bond donors (Lipinski definition) is 1. The minimum absolute atomic E-state index is 0.0621. The first-order chi connectivity index (χ1) is 14.1. The Hall–Kier alpha value is -3.22. The largest absolute Gasteiger partial charge is 0.421 e.